The maximum atomic E-state index is 10.7. The third-order valence-corrected chi connectivity index (χ3v) is 1.51. The van der Waals surface area contributed by atoms with Crippen LogP contribution in [0.1, 0.15) is 25.7 Å². The zero-order valence-electron chi connectivity index (χ0n) is 7.46. The Morgan fingerprint density at radius 2 is 2.08 bits per heavy atom. The van der Waals surface area contributed by atoms with E-state index in [1.54, 1.807) is 0 Å². The Hall–Kier alpha value is -0.670. The van der Waals surface area contributed by atoms with Crippen molar-refractivity contribution in [3.63, 3.8) is 0 Å². The summed E-state index contributed by atoms with van der Waals surface area (Å²) in [6, 6.07) is 0. The molecule has 0 saturated carbocycles. The summed E-state index contributed by atoms with van der Waals surface area (Å²) in [4.78, 5) is 10.7. The molecule has 0 aliphatic rings. The van der Waals surface area contributed by atoms with Crippen molar-refractivity contribution in [3.8, 4) is 0 Å². The summed E-state index contributed by atoms with van der Waals surface area (Å²) in [7, 11) is 0. The molecule has 0 aliphatic heterocycles. The second-order valence-corrected chi connectivity index (χ2v) is 2.47. The van der Waals surface area contributed by atoms with Gasteiger partial charge in [-0.05, 0) is 12.5 Å². The highest BCUT2D eigenvalue weighted by Crippen LogP contribution is 2.03. The van der Waals surface area contributed by atoms with Crippen LogP contribution in [0, 0.1) is 6.92 Å². The molecule has 0 bridgehead atoms. The third-order valence-electron chi connectivity index (χ3n) is 1.51. The number of rotatable bonds is 6. The number of ketones is 1. The Balaban J connectivity index is 0. The molecule has 71 valence electrons. The van der Waals surface area contributed by atoms with Crippen LogP contribution in [0.15, 0.2) is 12.7 Å². The lowest BCUT2D eigenvalue weighted by atomic mass is 10.1. The largest absolute Gasteiger partial charge is 0.385 e. The highest BCUT2D eigenvalue weighted by molar-refractivity contribution is 5.92. The molecular formula is C9H18NO2. The zero-order valence-corrected chi connectivity index (χ0v) is 7.46. The minimum absolute atomic E-state index is 0. The summed E-state index contributed by atoms with van der Waals surface area (Å²) < 4.78 is 0. The fraction of sp³-hybridized carbons (Fsp3) is 0.556. The first-order valence-corrected chi connectivity index (χ1v) is 3.86. The van der Waals surface area contributed by atoms with Gasteiger partial charge in [0.25, 0.3) is 0 Å². The van der Waals surface area contributed by atoms with Crippen LogP contribution < -0.4 is 6.15 Å². The van der Waals surface area contributed by atoms with Crippen molar-refractivity contribution in [2.75, 3.05) is 0 Å². The average Bonchev–Trinajstić information content (AvgIpc) is 2.03. The quantitative estimate of drug-likeness (QED) is 0.472. The van der Waals surface area contributed by atoms with Gasteiger partial charge in [0.2, 0.25) is 0 Å². The maximum Gasteiger partial charge on any atom is 0.183 e. The number of unbranched alkanes of at least 4 members (excludes halogenated alkanes) is 2. The molecule has 3 nitrogen and oxygen atoms in total. The van der Waals surface area contributed by atoms with E-state index in [1.165, 1.54) is 0 Å². The van der Waals surface area contributed by atoms with Crippen LogP contribution in [0.25, 0.3) is 0 Å². The molecule has 0 fully saturated rings. The molecule has 0 heterocycles. The van der Waals surface area contributed by atoms with Crippen molar-refractivity contribution in [2.45, 2.75) is 31.8 Å². The fourth-order valence-corrected chi connectivity index (χ4v) is 0.793. The SMILES string of the molecule is N.[CH2]CCCCC(O)C(=O)C=C. The minimum Gasteiger partial charge on any atom is -0.385 e. The molecule has 12 heavy (non-hydrogen) atoms. The summed E-state index contributed by atoms with van der Waals surface area (Å²) in [5, 5.41) is 9.10. The summed E-state index contributed by atoms with van der Waals surface area (Å²) in [5.74, 6) is -0.283. The first-order chi connectivity index (χ1) is 5.22. The molecule has 0 aromatic carbocycles. The van der Waals surface area contributed by atoms with Crippen molar-refractivity contribution in [2.24, 2.45) is 0 Å². The first kappa shape index (κ1) is 13.9. The van der Waals surface area contributed by atoms with Crippen molar-refractivity contribution >= 4 is 5.78 Å². The summed E-state index contributed by atoms with van der Waals surface area (Å²) in [6.07, 6.45) is 3.51. The number of hydrogen-bond acceptors (Lipinski definition) is 3. The number of carbonyl (C=O) groups excluding carboxylic acids is 1. The lowest BCUT2D eigenvalue weighted by Gasteiger charge is -2.04. The second kappa shape index (κ2) is 8.43. The Morgan fingerprint density at radius 1 is 1.50 bits per heavy atom. The van der Waals surface area contributed by atoms with Crippen molar-refractivity contribution < 1.29 is 9.90 Å². The number of aliphatic hydroxyl groups is 1. The van der Waals surface area contributed by atoms with E-state index in [2.05, 4.69) is 13.5 Å². The van der Waals surface area contributed by atoms with Gasteiger partial charge in [0.15, 0.2) is 5.78 Å². The van der Waals surface area contributed by atoms with Gasteiger partial charge < -0.3 is 11.3 Å². The van der Waals surface area contributed by atoms with E-state index in [9.17, 15) is 4.79 Å². The van der Waals surface area contributed by atoms with Crippen LogP contribution in [0.2, 0.25) is 0 Å². The lowest BCUT2D eigenvalue weighted by molar-refractivity contribution is -0.122. The molecule has 0 spiro atoms. The van der Waals surface area contributed by atoms with Crippen LogP contribution in [0.3, 0.4) is 0 Å². The Labute approximate surface area is 74.1 Å². The van der Waals surface area contributed by atoms with Gasteiger partial charge >= 0.3 is 0 Å². The Kier molecular flexibility index (Phi) is 9.75. The van der Waals surface area contributed by atoms with Gasteiger partial charge in [0.1, 0.15) is 6.10 Å². The van der Waals surface area contributed by atoms with E-state index in [0.29, 0.717) is 6.42 Å². The fourth-order valence-electron chi connectivity index (χ4n) is 0.793. The highest BCUT2D eigenvalue weighted by Gasteiger charge is 2.09. The van der Waals surface area contributed by atoms with Gasteiger partial charge in [0, 0.05) is 0 Å². The molecule has 0 aromatic rings. The van der Waals surface area contributed by atoms with Crippen LogP contribution in [-0.2, 0) is 4.79 Å². The molecule has 0 aliphatic carbocycles. The molecular weight excluding hydrogens is 154 g/mol. The predicted octanol–water partition coefficient (Wildman–Crippen LogP) is 1.66. The maximum absolute atomic E-state index is 10.7. The molecule has 4 N–H and O–H groups in total. The van der Waals surface area contributed by atoms with E-state index in [1.807, 2.05) is 0 Å². The third kappa shape index (κ3) is 6.07. The summed E-state index contributed by atoms with van der Waals surface area (Å²) in [6.45, 7) is 6.95. The highest BCUT2D eigenvalue weighted by atomic mass is 16.3. The standard InChI is InChI=1S/C9H15O2.H3N/c1-3-5-6-7-9(11)8(10)4-2;/h4,9,11H,1-3,5-7H2;1H3. The predicted molar refractivity (Wildman–Crippen MR) is 50.1 cm³/mol. The summed E-state index contributed by atoms with van der Waals surface area (Å²) in [5.41, 5.74) is 0. The van der Waals surface area contributed by atoms with Crippen LogP contribution >= 0.6 is 0 Å². The molecule has 0 amide bonds. The molecule has 1 unspecified atom stereocenters. The van der Waals surface area contributed by atoms with Crippen molar-refractivity contribution in [3.05, 3.63) is 19.6 Å². The van der Waals surface area contributed by atoms with Crippen LogP contribution in [0.5, 0.6) is 0 Å². The van der Waals surface area contributed by atoms with E-state index in [-0.39, 0.29) is 11.9 Å². The molecule has 1 radical (unpaired) electrons. The first-order valence-electron chi connectivity index (χ1n) is 3.86. The van der Waals surface area contributed by atoms with Gasteiger partial charge in [-0.2, -0.15) is 0 Å². The summed E-state index contributed by atoms with van der Waals surface area (Å²) >= 11 is 0. The Bertz CT molecular complexity index is 134. The van der Waals surface area contributed by atoms with E-state index < -0.39 is 6.10 Å². The molecule has 0 aromatic heterocycles. The zero-order chi connectivity index (χ0) is 8.69. The monoisotopic (exact) mass is 172 g/mol. The van der Waals surface area contributed by atoms with Gasteiger partial charge in [-0.15, -0.1) is 0 Å². The van der Waals surface area contributed by atoms with Crippen molar-refractivity contribution in [1.29, 1.82) is 0 Å². The van der Waals surface area contributed by atoms with E-state index in [4.69, 9.17) is 5.11 Å². The van der Waals surface area contributed by atoms with Crippen LogP contribution in [0.4, 0.5) is 0 Å². The van der Waals surface area contributed by atoms with Gasteiger partial charge in [0.05, 0.1) is 0 Å². The normalized spacial score (nSPS) is 11.5. The second-order valence-electron chi connectivity index (χ2n) is 2.47. The van der Waals surface area contributed by atoms with E-state index in [0.717, 1.165) is 25.3 Å². The van der Waals surface area contributed by atoms with Gasteiger partial charge in [-0.25, -0.2) is 0 Å². The number of carbonyl (C=O) groups is 1. The topological polar surface area (TPSA) is 72.3 Å². The smallest absolute Gasteiger partial charge is 0.183 e. The van der Waals surface area contributed by atoms with Gasteiger partial charge in [-0.3, -0.25) is 4.79 Å². The number of aliphatic hydroxyl groups excluding tert-OH is 1. The van der Waals surface area contributed by atoms with Crippen molar-refractivity contribution in [1.82, 2.24) is 6.15 Å². The molecule has 3 heteroatoms. The van der Waals surface area contributed by atoms with Gasteiger partial charge in [-0.1, -0.05) is 32.8 Å². The number of hydrogen-bond donors (Lipinski definition) is 2. The molecule has 0 rings (SSSR count). The Morgan fingerprint density at radius 3 is 2.50 bits per heavy atom. The molecule has 0 saturated heterocycles. The van der Waals surface area contributed by atoms with E-state index >= 15 is 0 Å². The minimum atomic E-state index is -0.848. The average molecular weight is 172 g/mol. The molecule has 1 atom stereocenters. The van der Waals surface area contributed by atoms with Crippen LogP contribution in [-0.4, -0.2) is 17.0 Å². The lowest BCUT2D eigenvalue weighted by Crippen LogP contribution is -2.17.